The maximum Gasteiger partial charge on any atom is 0.165 e. The van der Waals surface area contributed by atoms with E-state index in [1.807, 2.05) is 0 Å². The Labute approximate surface area is 92.1 Å². The Hall–Kier alpha value is -1.81. The number of aliphatic hydroxyl groups is 1. The van der Waals surface area contributed by atoms with E-state index in [0.717, 1.165) is 0 Å². The normalized spacial score (nSPS) is 12.4. The van der Waals surface area contributed by atoms with Crippen LogP contribution in [0.3, 0.4) is 0 Å². The summed E-state index contributed by atoms with van der Waals surface area (Å²) in [6.07, 6.45) is 0.559. The Bertz CT molecular complexity index is 465. The molecule has 0 bridgehead atoms. The lowest BCUT2D eigenvalue weighted by Crippen LogP contribution is -1.99. The van der Waals surface area contributed by atoms with Crippen molar-refractivity contribution in [3.8, 4) is 5.75 Å². The molecule has 0 saturated carbocycles. The molecule has 1 N–H and O–H groups in total. The van der Waals surface area contributed by atoms with Crippen LogP contribution in [0.25, 0.3) is 0 Å². The van der Waals surface area contributed by atoms with Crippen molar-refractivity contribution in [3.05, 3.63) is 53.7 Å². The van der Waals surface area contributed by atoms with Gasteiger partial charge in [-0.25, -0.2) is 4.39 Å². The first-order chi connectivity index (χ1) is 7.72. The number of benzene rings is 1. The number of methoxy groups -OCH3 is 1. The second-order valence-electron chi connectivity index (χ2n) is 3.31. The topological polar surface area (TPSA) is 42.6 Å². The zero-order valence-corrected chi connectivity index (χ0v) is 8.68. The molecule has 1 atom stereocenters. The van der Waals surface area contributed by atoms with Crippen LogP contribution < -0.4 is 4.74 Å². The van der Waals surface area contributed by atoms with Crippen LogP contribution in [-0.2, 0) is 0 Å². The summed E-state index contributed by atoms with van der Waals surface area (Å²) in [7, 11) is 1.38. The Morgan fingerprint density at radius 1 is 1.38 bits per heavy atom. The third-order valence-corrected chi connectivity index (χ3v) is 2.30. The van der Waals surface area contributed by atoms with E-state index in [0.29, 0.717) is 11.3 Å². The molecule has 0 aliphatic rings. The van der Waals surface area contributed by atoms with Crippen molar-refractivity contribution in [1.29, 1.82) is 0 Å². The van der Waals surface area contributed by atoms with Crippen LogP contribution in [0.15, 0.2) is 41.0 Å². The summed E-state index contributed by atoms with van der Waals surface area (Å²) < 4.78 is 23.1. The molecule has 0 spiro atoms. The summed E-state index contributed by atoms with van der Waals surface area (Å²) in [6, 6.07) is 7.52. The highest BCUT2D eigenvalue weighted by molar-refractivity contribution is 5.34. The van der Waals surface area contributed by atoms with E-state index in [2.05, 4.69) is 0 Å². The van der Waals surface area contributed by atoms with Gasteiger partial charge in [0.15, 0.2) is 11.6 Å². The summed E-state index contributed by atoms with van der Waals surface area (Å²) in [5.41, 5.74) is 0.521. The molecule has 1 aromatic carbocycles. The standard InChI is InChI=1S/C12H11FO3/c1-15-11-7-8(4-5-9(11)13)12(14)10-3-2-6-16-10/h2-7,12,14H,1H3. The summed E-state index contributed by atoms with van der Waals surface area (Å²) in [4.78, 5) is 0. The predicted octanol–water partition coefficient (Wildman–Crippen LogP) is 2.51. The Kier molecular flexibility index (Phi) is 2.92. The van der Waals surface area contributed by atoms with Gasteiger partial charge in [-0.05, 0) is 29.8 Å². The summed E-state index contributed by atoms with van der Waals surface area (Å²) in [5, 5.41) is 9.92. The molecule has 1 heterocycles. The molecule has 0 aliphatic carbocycles. The van der Waals surface area contributed by atoms with Crippen molar-refractivity contribution in [2.75, 3.05) is 7.11 Å². The van der Waals surface area contributed by atoms with Crippen molar-refractivity contribution < 1.29 is 18.7 Å². The fourth-order valence-corrected chi connectivity index (χ4v) is 1.46. The number of hydrogen-bond donors (Lipinski definition) is 1. The molecule has 1 unspecified atom stereocenters. The summed E-state index contributed by atoms with van der Waals surface area (Å²) in [6.45, 7) is 0. The van der Waals surface area contributed by atoms with Gasteiger partial charge in [-0.15, -0.1) is 0 Å². The van der Waals surface area contributed by atoms with Crippen LogP contribution in [0.1, 0.15) is 17.4 Å². The first kappa shape index (κ1) is 10.7. The molecule has 16 heavy (non-hydrogen) atoms. The van der Waals surface area contributed by atoms with Crippen molar-refractivity contribution in [3.63, 3.8) is 0 Å². The lowest BCUT2D eigenvalue weighted by Gasteiger charge is -2.10. The van der Waals surface area contributed by atoms with Crippen LogP contribution >= 0.6 is 0 Å². The molecule has 84 valence electrons. The van der Waals surface area contributed by atoms with Crippen LogP contribution in [0.5, 0.6) is 5.75 Å². The Morgan fingerprint density at radius 2 is 2.19 bits per heavy atom. The molecule has 2 aromatic rings. The van der Waals surface area contributed by atoms with E-state index in [4.69, 9.17) is 9.15 Å². The number of furan rings is 1. The zero-order valence-electron chi connectivity index (χ0n) is 8.68. The van der Waals surface area contributed by atoms with Gasteiger partial charge in [-0.2, -0.15) is 0 Å². The van der Waals surface area contributed by atoms with Crippen molar-refractivity contribution in [2.24, 2.45) is 0 Å². The van der Waals surface area contributed by atoms with E-state index >= 15 is 0 Å². The van der Waals surface area contributed by atoms with Gasteiger partial charge in [-0.3, -0.25) is 0 Å². The predicted molar refractivity (Wildman–Crippen MR) is 55.7 cm³/mol. The van der Waals surface area contributed by atoms with Gasteiger partial charge >= 0.3 is 0 Å². The van der Waals surface area contributed by atoms with Gasteiger partial charge in [0.05, 0.1) is 13.4 Å². The molecule has 1 aromatic heterocycles. The molecule has 2 rings (SSSR count). The van der Waals surface area contributed by atoms with Gasteiger partial charge in [0, 0.05) is 0 Å². The van der Waals surface area contributed by atoms with Gasteiger partial charge in [0.1, 0.15) is 11.9 Å². The monoisotopic (exact) mass is 222 g/mol. The highest BCUT2D eigenvalue weighted by Crippen LogP contribution is 2.26. The average Bonchev–Trinajstić information content (AvgIpc) is 2.82. The third-order valence-electron chi connectivity index (χ3n) is 2.30. The summed E-state index contributed by atoms with van der Waals surface area (Å²) in [5.74, 6) is 0.0506. The molecule has 0 radical (unpaired) electrons. The molecule has 0 saturated heterocycles. The summed E-state index contributed by atoms with van der Waals surface area (Å²) >= 11 is 0. The van der Waals surface area contributed by atoms with E-state index in [9.17, 15) is 9.50 Å². The Balaban J connectivity index is 2.34. The van der Waals surface area contributed by atoms with Crippen molar-refractivity contribution >= 4 is 0 Å². The smallest absolute Gasteiger partial charge is 0.165 e. The molecule has 3 nitrogen and oxygen atoms in total. The number of halogens is 1. The zero-order chi connectivity index (χ0) is 11.5. The van der Waals surface area contributed by atoms with Crippen molar-refractivity contribution in [1.82, 2.24) is 0 Å². The largest absolute Gasteiger partial charge is 0.494 e. The van der Waals surface area contributed by atoms with Crippen LogP contribution in [-0.4, -0.2) is 12.2 Å². The molecule has 4 heteroatoms. The van der Waals surface area contributed by atoms with Crippen molar-refractivity contribution in [2.45, 2.75) is 6.10 Å². The average molecular weight is 222 g/mol. The second kappa shape index (κ2) is 4.37. The van der Waals surface area contributed by atoms with E-state index in [1.165, 1.54) is 31.6 Å². The number of ether oxygens (including phenoxy) is 1. The maximum atomic E-state index is 13.1. The molecule has 0 fully saturated rings. The molecular formula is C12H11FO3. The van der Waals surface area contributed by atoms with E-state index in [-0.39, 0.29) is 5.75 Å². The maximum absolute atomic E-state index is 13.1. The van der Waals surface area contributed by atoms with Gasteiger partial charge in [-0.1, -0.05) is 6.07 Å². The SMILES string of the molecule is COc1cc(C(O)c2ccco2)ccc1F. The van der Waals surface area contributed by atoms with Crippen LogP contribution in [0.2, 0.25) is 0 Å². The first-order valence-corrected chi connectivity index (χ1v) is 4.77. The van der Waals surface area contributed by atoms with Gasteiger partial charge in [0.2, 0.25) is 0 Å². The number of hydrogen-bond acceptors (Lipinski definition) is 3. The van der Waals surface area contributed by atoms with Gasteiger partial charge < -0.3 is 14.3 Å². The molecule has 0 amide bonds. The third kappa shape index (κ3) is 1.92. The molecular weight excluding hydrogens is 211 g/mol. The highest BCUT2D eigenvalue weighted by atomic mass is 19.1. The number of aliphatic hydroxyl groups excluding tert-OH is 1. The molecule has 0 aliphatic heterocycles. The van der Waals surface area contributed by atoms with Crippen LogP contribution in [0, 0.1) is 5.82 Å². The van der Waals surface area contributed by atoms with Gasteiger partial charge in [0.25, 0.3) is 0 Å². The fourth-order valence-electron chi connectivity index (χ4n) is 1.46. The lowest BCUT2D eigenvalue weighted by atomic mass is 10.1. The van der Waals surface area contributed by atoms with E-state index in [1.54, 1.807) is 12.1 Å². The minimum Gasteiger partial charge on any atom is -0.494 e. The highest BCUT2D eigenvalue weighted by Gasteiger charge is 2.15. The lowest BCUT2D eigenvalue weighted by molar-refractivity contribution is 0.188. The van der Waals surface area contributed by atoms with Crippen LogP contribution in [0.4, 0.5) is 4.39 Å². The fraction of sp³-hybridized carbons (Fsp3) is 0.167. The van der Waals surface area contributed by atoms with E-state index < -0.39 is 11.9 Å². The Morgan fingerprint density at radius 3 is 2.81 bits per heavy atom. The number of rotatable bonds is 3. The quantitative estimate of drug-likeness (QED) is 0.867. The minimum absolute atomic E-state index is 0.100. The minimum atomic E-state index is -0.912. The second-order valence-corrected chi connectivity index (χ2v) is 3.31. The first-order valence-electron chi connectivity index (χ1n) is 4.77.